The van der Waals surface area contributed by atoms with Crippen LogP contribution in [0, 0.1) is 0 Å². The molecule has 0 radical (unpaired) electrons. The van der Waals surface area contributed by atoms with E-state index in [0.29, 0.717) is 0 Å². The van der Waals surface area contributed by atoms with Crippen molar-refractivity contribution in [3.8, 4) is 0 Å². The summed E-state index contributed by atoms with van der Waals surface area (Å²) in [6.07, 6.45) is 14.7. The van der Waals surface area contributed by atoms with Crippen molar-refractivity contribution < 1.29 is 19.2 Å². The van der Waals surface area contributed by atoms with Gasteiger partial charge in [0.2, 0.25) is 0 Å². The van der Waals surface area contributed by atoms with E-state index >= 15 is 0 Å². The summed E-state index contributed by atoms with van der Waals surface area (Å²) in [5, 5.41) is 0. The second kappa shape index (κ2) is 17.4. The van der Waals surface area contributed by atoms with Gasteiger partial charge in [0, 0.05) is 0 Å². The highest BCUT2D eigenvalue weighted by atomic mass is 16.2. The van der Waals surface area contributed by atoms with E-state index in [9.17, 15) is 0 Å². The van der Waals surface area contributed by atoms with Crippen LogP contribution < -0.4 is 0 Å². The summed E-state index contributed by atoms with van der Waals surface area (Å²) in [4.78, 5) is 32.5. The molecule has 0 aliphatic heterocycles. The lowest BCUT2D eigenvalue weighted by atomic mass is 9.86. The van der Waals surface area contributed by atoms with E-state index in [-0.39, 0.29) is 12.3 Å². The van der Waals surface area contributed by atoms with Crippen molar-refractivity contribution in [2.24, 2.45) is 0 Å². The number of rotatable bonds is 3. The molecule has 2 aromatic carbocycles. The van der Waals surface area contributed by atoms with Crippen molar-refractivity contribution in [3.63, 3.8) is 0 Å². The van der Waals surface area contributed by atoms with Crippen LogP contribution in [0.4, 0.5) is 0 Å². The molecule has 2 aliphatic rings. The molecule has 0 aromatic heterocycles. The van der Waals surface area contributed by atoms with Crippen molar-refractivity contribution in [1.29, 1.82) is 0 Å². The quantitative estimate of drug-likeness (QED) is 0.529. The summed E-state index contributed by atoms with van der Waals surface area (Å²) in [6, 6.07) is 21.6. The summed E-state index contributed by atoms with van der Waals surface area (Å²) >= 11 is 0. The number of carbonyl (C=O) groups excluding carboxylic acids is 4. The molecule has 0 heterocycles. The second-order valence-corrected chi connectivity index (χ2v) is 7.52. The highest BCUT2D eigenvalue weighted by molar-refractivity contribution is 5.69. The Morgan fingerprint density at radius 3 is 1.66 bits per heavy atom. The van der Waals surface area contributed by atoms with Gasteiger partial charge in [-0.1, -0.05) is 79.2 Å². The van der Waals surface area contributed by atoms with Gasteiger partial charge in [0.15, 0.2) is 0 Å². The summed E-state index contributed by atoms with van der Waals surface area (Å²) in [7, 11) is 0. The monoisotopic (exact) mass is 432 g/mol. The molecule has 0 amide bonds. The van der Waals surface area contributed by atoms with Crippen LogP contribution in [0.5, 0.6) is 0 Å². The van der Waals surface area contributed by atoms with E-state index in [1.165, 1.54) is 68.9 Å². The molecule has 2 aromatic rings. The molecule has 0 N–H and O–H groups in total. The fourth-order valence-electron chi connectivity index (χ4n) is 4.10. The van der Waals surface area contributed by atoms with Gasteiger partial charge in [-0.2, -0.15) is 19.2 Å². The van der Waals surface area contributed by atoms with Gasteiger partial charge >= 0.3 is 12.3 Å². The van der Waals surface area contributed by atoms with Gasteiger partial charge in [-0.3, -0.25) is 0 Å². The zero-order valence-corrected chi connectivity index (χ0v) is 18.8. The van der Waals surface area contributed by atoms with Gasteiger partial charge in [-0.05, 0) is 80.1 Å². The minimum absolute atomic E-state index is 0.250. The first-order chi connectivity index (χ1) is 15.7. The van der Waals surface area contributed by atoms with Crippen LogP contribution in [0.15, 0.2) is 72.3 Å². The first kappa shape index (κ1) is 26.7. The normalized spacial score (nSPS) is 14.5. The van der Waals surface area contributed by atoms with Gasteiger partial charge in [-0.25, -0.2) is 0 Å². The fraction of sp³-hybridized carbons (Fsp3) is 0.357. The molecule has 4 rings (SSSR count). The molecule has 0 unspecified atom stereocenters. The standard InChI is InChI=1S/C14H18.C12H14.2CO2/c1-2-12-8-6-7-11-14(12)13-9-4-3-5-10-13;1-3-7-11(8-4-1)12-9-5-2-6-10-12;2*2-1-3/h3-5,9-10H,2,6-8,11H2,1H3;1,3-4,7-9H,2,5-6,10H2;;. The van der Waals surface area contributed by atoms with Crippen molar-refractivity contribution >= 4 is 23.4 Å². The predicted molar refractivity (Wildman–Crippen MR) is 125 cm³/mol. The number of allylic oxidation sites excluding steroid dienone is 4. The topological polar surface area (TPSA) is 68.3 Å². The van der Waals surface area contributed by atoms with Crippen molar-refractivity contribution in [2.75, 3.05) is 0 Å². The predicted octanol–water partition coefficient (Wildman–Crippen LogP) is 6.90. The average molecular weight is 433 g/mol. The molecule has 2 aliphatic carbocycles. The lowest BCUT2D eigenvalue weighted by molar-refractivity contribution is -0.193. The maximum Gasteiger partial charge on any atom is 0.373 e. The van der Waals surface area contributed by atoms with Crippen LogP contribution in [0.1, 0.15) is 75.8 Å². The minimum Gasteiger partial charge on any atom is -0.186 e. The molecule has 168 valence electrons. The van der Waals surface area contributed by atoms with Crippen LogP contribution in [0.3, 0.4) is 0 Å². The van der Waals surface area contributed by atoms with Crippen molar-refractivity contribution in [1.82, 2.24) is 0 Å². The maximum absolute atomic E-state index is 8.12. The van der Waals surface area contributed by atoms with Crippen LogP contribution in [0.2, 0.25) is 0 Å². The maximum atomic E-state index is 8.12. The van der Waals surface area contributed by atoms with Crippen LogP contribution in [0.25, 0.3) is 11.1 Å². The molecule has 0 bridgehead atoms. The lowest BCUT2D eigenvalue weighted by Gasteiger charge is -2.19. The third-order valence-electron chi connectivity index (χ3n) is 5.57. The molecular formula is C28H32O4. The first-order valence-corrected chi connectivity index (χ1v) is 11.2. The van der Waals surface area contributed by atoms with E-state index in [2.05, 4.69) is 73.7 Å². The third-order valence-corrected chi connectivity index (χ3v) is 5.57. The van der Waals surface area contributed by atoms with E-state index in [0.717, 1.165) is 0 Å². The summed E-state index contributed by atoms with van der Waals surface area (Å²) < 4.78 is 0. The molecular weight excluding hydrogens is 400 g/mol. The van der Waals surface area contributed by atoms with Gasteiger partial charge in [0.05, 0.1) is 0 Å². The van der Waals surface area contributed by atoms with Crippen LogP contribution in [-0.4, -0.2) is 12.3 Å². The van der Waals surface area contributed by atoms with Crippen molar-refractivity contribution in [3.05, 3.63) is 83.4 Å². The van der Waals surface area contributed by atoms with Gasteiger partial charge in [0.1, 0.15) is 0 Å². The Labute approximate surface area is 191 Å². The highest BCUT2D eigenvalue weighted by Crippen LogP contribution is 2.33. The second-order valence-electron chi connectivity index (χ2n) is 7.52. The zero-order valence-electron chi connectivity index (χ0n) is 18.8. The lowest BCUT2D eigenvalue weighted by Crippen LogP contribution is -1.98. The molecule has 32 heavy (non-hydrogen) atoms. The van der Waals surface area contributed by atoms with Gasteiger partial charge < -0.3 is 0 Å². The Bertz CT molecular complexity index is 887. The van der Waals surface area contributed by atoms with E-state index in [1.54, 1.807) is 16.7 Å². The van der Waals surface area contributed by atoms with Gasteiger partial charge in [-0.15, -0.1) is 0 Å². The Morgan fingerprint density at radius 1 is 0.656 bits per heavy atom. The summed E-state index contributed by atoms with van der Waals surface area (Å²) in [5.74, 6) is 0. The van der Waals surface area contributed by atoms with Gasteiger partial charge in [0.25, 0.3) is 0 Å². The molecule has 0 fully saturated rings. The van der Waals surface area contributed by atoms with Crippen LogP contribution in [-0.2, 0) is 19.2 Å². The fourth-order valence-corrected chi connectivity index (χ4v) is 4.10. The minimum atomic E-state index is 0.250. The SMILES string of the molecule is C1=C(c2ccccc2)CCCC1.CCC1=C(c2ccccc2)CCCC1.O=C=O.O=C=O. The smallest absolute Gasteiger partial charge is 0.186 e. The average Bonchev–Trinajstić information content (AvgIpc) is 2.87. The first-order valence-electron chi connectivity index (χ1n) is 11.2. The number of hydrogen-bond donors (Lipinski definition) is 0. The molecule has 4 nitrogen and oxygen atoms in total. The number of benzene rings is 2. The summed E-state index contributed by atoms with van der Waals surface area (Å²) in [6.45, 7) is 2.28. The Morgan fingerprint density at radius 2 is 1.16 bits per heavy atom. The van der Waals surface area contributed by atoms with Crippen LogP contribution >= 0.6 is 0 Å². The molecule has 0 spiro atoms. The highest BCUT2D eigenvalue weighted by Gasteiger charge is 2.12. The van der Waals surface area contributed by atoms with E-state index < -0.39 is 0 Å². The van der Waals surface area contributed by atoms with Crippen molar-refractivity contribution in [2.45, 2.75) is 64.7 Å². The third kappa shape index (κ3) is 10.1. The molecule has 0 saturated carbocycles. The molecule has 0 atom stereocenters. The number of hydrogen-bond acceptors (Lipinski definition) is 4. The molecule has 0 saturated heterocycles. The Balaban J connectivity index is 0.000000259. The molecule has 4 heteroatoms. The van der Waals surface area contributed by atoms with E-state index in [1.807, 2.05) is 0 Å². The largest absolute Gasteiger partial charge is 0.373 e. The Hall–Kier alpha value is -3.32. The summed E-state index contributed by atoms with van der Waals surface area (Å²) in [5.41, 5.74) is 7.71. The van der Waals surface area contributed by atoms with E-state index in [4.69, 9.17) is 19.2 Å². The Kier molecular flexibility index (Phi) is 14.5. The zero-order chi connectivity index (χ0) is 23.4.